The number of aryl methyl sites for hydroxylation is 1. The zero-order valence-corrected chi connectivity index (χ0v) is 13.5. The molecule has 23 heavy (non-hydrogen) atoms. The lowest BCUT2D eigenvalue weighted by atomic mass is 10.1. The average Bonchev–Trinajstić information content (AvgIpc) is 2.57. The van der Waals surface area contributed by atoms with Gasteiger partial charge in [-0.2, -0.15) is 0 Å². The molecule has 0 aliphatic carbocycles. The number of fused-ring (bicyclic) bond motifs is 1. The molecule has 0 fully saturated rings. The van der Waals surface area contributed by atoms with Crippen LogP contribution in [0.15, 0.2) is 71.7 Å². The third-order valence-corrected chi connectivity index (χ3v) is 4.00. The van der Waals surface area contributed by atoms with Gasteiger partial charge in [0.15, 0.2) is 0 Å². The number of guanidine groups is 1. The van der Waals surface area contributed by atoms with Gasteiger partial charge < -0.3 is 10.6 Å². The topological polar surface area (TPSA) is 41.6 Å². The smallest absolute Gasteiger partial charge is 0.201 e. The molecule has 0 saturated heterocycles. The number of aliphatic imine (C=N–C) groups is 1. The standard InChI is InChI=1S/C20H21N3/c1-3-23(19-14-7-4-9-15(19)2)20(21)22-18-13-8-11-16-10-5-6-12-17(16)18/h4-14H,3H2,1-2H3,(H2,21,22). The monoisotopic (exact) mass is 303 g/mol. The fourth-order valence-corrected chi connectivity index (χ4v) is 2.81. The van der Waals surface area contributed by atoms with Crippen molar-refractivity contribution in [1.82, 2.24) is 0 Å². The van der Waals surface area contributed by atoms with Gasteiger partial charge in [-0.3, -0.25) is 0 Å². The predicted octanol–water partition coefficient (Wildman–Crippen LogP) is 4.62. The molecule has 0 bridgehead atoms. The van der Waals surface area contributed by atoms with E-state index < -0.39 is 0 Å². The van der Waals surface area contributed by atoms with Gasteiger partial charge in [-0.25, -0.2) is 4.99 Å². The van der Waals surface area contributed by atoms with Crippen LogP contribution >= 0.6 is 0 Å². The van der Waals surface area contributed by atoms with Gasteiger partial charge in [0.1, 0.15) is 0 Å². The molecule has 0 aliphatic heterocycles. The average molecular weight is 303 g/mol. The van der Waals surface area contributed by atoms with Crippen molar-refractivity contribution < 1.29 is 0 Å². The maximum atomic E-state index is 6.33. The molecule has 0 heterocycles. The Balaban J connectivity index is 2.05. The van der Waals surface area contributed by atoms with Crippen LogP contribution in [0.1, 0.15) is 12.5 Å². The molecule has 0 unspecified atom stereocenters. The van der Waals surface area contributed by atoms with Crippen LogP contribution in [-0.4, -0.2) is 12.5 Å². The minimum Gasteiger partial charge on any atom is -0.369 e. The van der Waals surface area contributed by atoms with E-state index in [1.807, 2.05) is 41.3 Å². The molecule has 0 aliphatic rings. The summed E-state index contributed by atoms with van der Waals surface area (Å²) in [7, 11) is 0. The first-order chi connectivity index (χ1) is 11.2. The number of hydrogen-bond acceptors (Lipinski definition) is 1. The first kappa shape index (κ1) is 15.1. The van der Waals surface area contributed by atoms with E-state index in [1.54, 1.807) is 0 Å². The number of para-hydroxylation sites is 1. The van der Waals surface area contributed by atoms with Crippen molar-refractivity contribution in [3.8, 4) is 0 Å². The molecule has 0 aromatic heterocycles. The van der Waals surface area contributed by atoms with Gasteiger partial charge in [-0.15, -0.1) is 0 Å². The lowest BCUT2D eigenvalue weighted by Gasteiger charge is -2.23. The van der Waals surface area contributed by atoms with Gasteiger partial charge in [0, 0.05) is 17.6 Å². The number of benzene rings is 3. The third kappa shape index (κ3) is 3.04. The number of nitrogens with two attached hydrogens (primary N) is 1. The Bertz CT molecular complexity index is 847. The van der Waals surface area contributed by atoms with E-state index in [9.17, 15) is 0 Å². The zero-order valence-electron chi connectivity index (χ0n) is 13.5. The van der Waals surface area contributed by atoms with Crippen LogP contribution in [0, 0.1) is 6.92 Å². The van der Waals surface area contributed by atoms with Crippen LogP contribution in [0.3, 0.4) is 0 Å². The molecule has 0 amide bonds. The summed E-state index contributed by atoms with van der Waals surface area (Å²) in [5.41, 5.74) is 9.50. The highest BCUT2D eigenvalue weighted by molar-refractivity contribution is 6.00. The molecule has 0 spiro atoms. The molecule has 3 aromatic carbocycles. The summed E-state index contributed by atoms with van der Waals surface area (Å²) in [5, 5.41) is 2.28. The van der Waals surface area contributed by atoms with E-state index >= 15 is 0 Å². The summed E-state index contributed by atoms with van der Waals surface area (Å²) < 4.78 is 0. The van der Waals surface area contributed by atoms with Crippen molar-refractivity contribution in [1.29, 1.82) is 0 Å². The molecular weight excluding hydrogens is 282 g/mol. The van der Waals surface area contributed by atoms with Crippen LogP contribution in [0.2, 0.25) is 0 Å². The minimum absolute atomic E-state index is 0.512. The summed E-state index contributed by atoms with van der Waals surface area (Å²) in [6.45, 7) is 4.94. The van der Waals surface area contributed by atoms with E-state index in [1.165, 1.54) is 10.9 Å². The van der Waals surface area contributed by atoms with Gasteiger partial charge >= 0.3 is 0 Å². The second kappa shape index (κ2) is 6.53. The van der Waals surface area contributed by atoms with Crippen LogP contribution in [0.25, 0.3) is 10.8 Å². The van der Waals surface area contributed by atoms with Crippen molar-refractivity contribution in [2.75, 3.05) is 11.4 Å². The van der Waals surface area contributed by atoms with E-state index in [0.717, 1.165) is 23.3 Å². The van der Waals surface area contributed by atoms with Crippen molar-refractivity contribution in [3.05, 3.63) is 72.3 Å². The summed E-state index contributed by atoms with van der Waals surface area (Å²) >= 11 is 0. The summed E-state index contributed by atoms with van der Waals surface area (Å²) in [5.74, 6) is 0.512. The van der Waals surface area contributed by atoms with E-state index in [0.29, 0.717) is 5.96 Å². The van der Waals surface area contributed by atoms with E-state index in [-0.39, 0.29) is 0 Å². The van der Waals surface area contributed by atoms with Crippen LogP contribution in [0.4, 0.5) is 11.4 Å². The summed E-state index contributed by atoms with van der Waals surface area (Å²) in [6.07, 6.45) is 0. The highest BCUT2D eigenvalue weighted by atomic mass is 15.3. The van der Waals surface area contributed by atoms with Crippen molar-refractivity contribution in [2.45, 2.75) is 13.8 Å². The molecule has 0 saturated carbocycles. The predicted molar refractivity (Wildman–Crippen MR) is 99.4 cm³/mol. The summed E-state index contributed by atoms with van der Waals surface area (Å²) in [4.78, 5) is 6.73. The quantitative estimate of drug-likeness (QED) is 0.566. The Kier molecular flexibility index (Phi) is 4.29. The van der Waals surface area contributed by atoms with E-state index in [2.05, 4.69) is 44.2 Å². The van der Waals surface area contributed by atoms with Gasteiger partial charge in [0.25, 0.3) is 0 Å². The van der Waals surface area contributed by atoms with Crippen molar-refractivity contribution in [3.63, 3.8) is 0 Å². The molecule has 3 aromatic rings. The SMILES string of the molecule is CCN(C(N)=Nc1cccc2ccccc12)c1ccccc1C. The Morgan fingerprint density at radius 3 is 2.43 bits per heavy atom. The first-order valence-corrected chi connectivity index (χ1v) is 7.86. The lowest BCUT2D eigenvalue weighted by molar-refractivity contribution is 1.03. The van der Waals surface area contributed by atoms with Gasteiger partial charge in [0.05, 0.1) is 5.69 Å². The largest absolute Gasteiger partial charge is 0.369 e. The second-order valence-electron chi connectivity index (χ2n) is 5.50. The third-order valence-electron chi connectivity index (χ3n) is 4.00. The lowest BCUT2D eigenvalue weighted by Crippen LogP contribution is -2.37. The molecule has 3 rings (SSSR count). The van der Waals surface area contributed by atoms with Gasteiger partial charge in [-0.05, 0) is 36.9 Å². The molecule has 3 nitrogen and oxygen atoms in total. The molecule has 2 N–H and O–H groups in total. The molecular formula is C20H21N3. The fourth-order valence-electron chi connectivity index (χ4n) is 2.81. The van der Waals surface area contributed by atoms with Crippen molar-refractivity contribution >= 4 is 28.1 Å². The highest BCUT2D eigenvalue weighted by Crippen LogP contribution is 2.26. The maximum absolute atomic E-state index is 6.33. The van der Waals surface area contributed by atoms with Gasteiger partial charge in [0.2, 0.25) is 5.96 Å². The Hall–Kier alpha value is -2.81. The van der Waals surface area contributed by atoms with Crippen LogP contribution < -0.4 is 10.6 Å². The second-order valence-corrected chi connectivity index (χ2v) is 5.50. The van der Waals surface area contributed by atoms with Gasteiger partial charge in [-0.1, -0.05) is 54.6 Å². The Morgan fingerprint density at radius 1 is 0.957 bits per heavy atom. The molecule has 0 atom stereocenters. The number of hydrogen-bond donors (Lipinski definition) is 1. The van der Waals surface area contributed by atoms with Crippen molar-refractivity contribution in [2.24, 2.45) is 10.7 Å². The number of rotatable bonds is 3. The molecule has 116 valence electrons. The van der Waals surface area contributed by atoms with Crippen LogP contribution in [-0.2, 0) is 0 Å². The zero-order chi connectivity index (χ0) is 16.2. The molecule has 0 radical (unpaired) electrons. The minimum atomic E-state index is 0.512. The fraction of sp³-hybridized carbons (Fsp3) is 0.150. The summed E-state index contributed by atoms with van der Waals surface area (Å²) in [6, 6.07) is 22.5. The highest BCUT2D eigenvalue weighted by Gasteiger charge is 2.11. The number of nitrogens with zero attached hydrogens (tertiary/aromatic N) is 2. The number of anilines is 1. The van der Waals surface area contributed by atoms with E-state index in [4.69, 9.17) is 10.7 Å². The Morgan fingerprint density at radius 2 is 1.65 bits per heavy atom. The Labute approximate surface area is 137 Å². The normalized spacial score (nSPS) is 11.7. The maximum Gasteiger partial charge on any atom is 0.201 e. The first-order valence-electron chi connectivity index (χ1n) is 7.86. The van der Waals surface area contributed by atoms with Crippen LogP contribution in [0.5, 0.6) is 0 Å². The molecule has 3 heteroatoms.